The van der Waals surface area contributed by atoms with Crippen molar-refractivity contribution in [2.45, 2.75) is 58.1 Å². The predicted molar refractivity (Wildman–Crippen MR) is 58.2 cm³/mol. The molecule has 0 aromatic heterocycles. The Morgan fingerprint density at radius 1 is 1.21 bits per heavy atom. The van der Waals surface area contributed by atoms with Gasteiger partial charge in [-0.3, -0.25) is 4.90 Å². The highest BCUT2D eigenvalue weighted by Crippen LogP contribution is 2.38. The van der Waals surface area contributed by atoms with E-state index in [1.54, 1.807) is 0 Å². The van der Waals surface area contributed by atoms with Crippen molar-refractivity contribution in [2.75, 3.05) is 13.1 Å². The van der Waals surface area contributed by atoms with Crippen LogP contribution < -0.4 is 0 Å². The first-order valence-electron chi connectivity index (χ1n) is 6.01. The van der Waals surface area contributed by atoms with E-state index in [2.05, 4.69) is 18.7 Å². The second-order valence-electron chi connectivity index (χ2n) is 5.78. The van der Waals surface area contributed by atoms with E-state index in [0.717, 1.165) is 6.42 Å². The van der Waals surface area contributed by atoms with E-state index in [1.807, 2.05) is 0 Å². The van der Waals surface area contributed by atoms with Gasteiger partial charge in [0, 0.05) is 6.04 Å². The Bertz CT molecular complexity index is 196. The highest BCUT2D eigenvalue weighted by atomic mass is 16.3. The van der Waals surface area contributed by atoms with Gasteiger partial charge >= 0.3 is 0 Å². The molecular weight excluding hydrogens is 174 g/mol. The van der Waals surface area contributed by atoms with Gasteiger partial charge in [0.1, 0.15) is 0 Å². The van der Waals surface area contributed by atoms with E-state index < -0.39 is 0 Å². The van der Waals surface area contributed by atoms with Crippen molar-refractivity contribution in [1.29, 1.82) is 0 Å². The molecule has 1 aliphatic heterocycles. The molecule has 1 saturated carbocycles. The molecule has 0 spiro atoms. The van der Waals surface area contributed by atoms with Crippen LogP contribution >= 0.6 is 0 Å². The first-order valence-corrected chi connectivity index (χ1v) is 6.01. The Balaban J connectivity index is 2.00. The molecule has 0 aromatic rings. The van der Waals surface area contributed by atoms with Gasteiger partial charge in [0.15, 0.2) is 0 Å². The number of aliphatic hydroxyl groups excluding tert-OH is 1. The van der Waals surface area contributed by atoms with Gasteiger partial charge in [0.05, 0.1) is 6.10 Å². The van der Waals surface area contributed by atoms with Gasteiger partial charge in [0.2, 0.25) is 0 Å². The van der Waals surface area contributed by atoms with Crippen LogP contribution in [0.15, 0.2) is 0 Å². The second-order valence-corrected chi connectivity index (χ2v) is 5.78. The van der Waals surface area contributed by atoms with Crippen LogP contribution in [0, 0.1) is 5.41 Å². The maximum Gasteiger partial charge on any atom is 0.0695 e. The van der Waals surface area contributed by atoms with Gasteiger partial charge in [0.25, 0.3) is 0 Å². The van der Waals surface area contributed by atoms with E-state index >= 15 is 0 Å². The van der Waals surface area contributed by atoms with Crippen LogP contribution in [-0.2, 0) is 0 Å². The van der Waals surface area contributed by atoms with E-state index in [4.69, 9.17) is 0 Å². The van der Waals surface area contributed by atoms with Crippen molar-refractivity contribution in [3.8, 4) is 0 Å². The summed E-state index contributed by atoms with van der Waals surface area (Å²) in [5, 5.41) is 10.0. The molecule has 0 aromatic carbocycles. The topological polar surface area (TPSA) is 23.5 Å². The van der Waals surface area contributed by atoms with Crippen molar-refractivity contribution < 1.29 is 5.11 Å². The minimum Gasteiger partial charge on any atom is -0.391 e. The van der Waals surface area contributed by atoms with Crippen LogP contribution in [0.3, 0.4) is 0 Å². The van der Waals surface area contributed by atoms with Crippen LogP contribution in [0.2, 0.25) is 0 Å². The number of hydrogen-bond acceptors (Lipinski definition) is 2. The number of nitrogens with zero attached hydrogens (tertiary/aromatic N) is 1. The number of aliphatic hydroxyl groups is 1. The summed E-state index contributed by atoms with van der Waals surface area (Å²) in [5.74, 6) is 0. The lowest BCUT2D eigenvalue weighted by molar-refractivity contribution is -0.00822. The van der Waals surface area contributed by atoms with E-state index in [-0.39, 0.29) is 6.10 Å². The molecule has 0 radical (unpaired) electrons. The maximum atomic E-state index is 10.0. The first-order chi connectivity index (χ1) is 6.58. The lowest BCUT2D eigenvalue weighted by Crippen LogP contribution is -2.48. The minimum absolute atomic E-state index is 0.0684. The van der Waals surface area contributed by atoms with E-state index in [0.29, 0.717) is 11.5 Å². The molecular formula is C12H23NO. The summed E-state index contributed by atoms with van der Waals surface area (Å²) in [6, 6.07) is 0.446. The van der Waals surface area contributed by atoms with Gasteiger partial charge in [-0.1, -0.05) is 13.8 Å². The summed E-state index contributed by atoms with van der Waals surface area (Å²) < 4.78 is 0. The summed E-state index contributed by atoms with van der Waals surface area (Å²) >= 11 is 0. The smallest absolute Gasteiger partial charge is 0.0695 e. The molecule has 2 rings (SSSR count). The monoisotopic (exact) mass is 197 g/mol. The largest absolute Gasteiger partial charge is 0.391 e. The Kier molecular flexibility index (Phi) is 2.85. The van der Waals surface area contributed by atoms with Gasteiger partial charge in [-0.2, -0.15) is 0 Å². The standard InChI is InChI=1S/C12H23NO/c1-12(2)6-5-11(14)10(9-12)13-7-3-4-8-13/h10-11,14H,3-9H2,1-2H3. The maximum absolute atomic E-state index is 10.0. The van der Waals surface area contributed by atoms with Crippen molar-refractivity contribution >= 4 is 0 Å². The molecule has 2 unspecified atom stereocenters. The molecule has 0 bridgehead atoms. The van der Waals surface area contributed by atoms with Gasteiger partial charge < -0.3 is 5.11 Å². The van der Waals surface area contributed by atoms with Crippen molar-refractivity contribution in [2.24, 2.45) is 5.41 Å². The van der Waals surface area contributed by atoms with Crippen molar-refractivity contribution in [3.63, 3.8) is 0 Å². The molecule has 2 aliphatic rings. The third-order valence-corrected chi connectivity index (χ3v) is 3.93. The Hall–Kier alpha value is -0.0800. The Morgan fingerprint density at radius 2 is 1.86 bits per heavy atom. The third kappa shape index (κ3) is 2.12. The van der Waals surface area contributed by atoms with E-state index in [9.17, 15) is 5.11 Å². The summed E-state index contributed by atoms with van der Waals surface area (Å²) in [6.45, 7) is 7.08. The molecule has 1 saturated heterocycles. The van der Waals surface area contributed by atoms with Gasteiger partial charge in [-0.15, -0.1) is 0 Å². The fraction of sp³-hybridized carbons (Fsp3) is 1.00. The van der Waals surface area contributed by atoms with Gasteiger partial charge in [-0.05, 0) is 50.6 Å². The zero-order chi connectivity index (χ0) is 10.2. The molecule has 1 N–H and O–H groups in total. The third-order valence-electron chi connectivity index (χ3n) is 3.93. The lowest BCUT2D eigenvalue weighted by Gasteiger charge is -2.42. The molecule has 2 heteroatoms. The Morgan fingerprint density at radius 3 is 2.50 bits per heavy atom. The number of rotatable bonds is 1. The second kappa shape index (κ2) is 3.82. The summed E-state index contributed by atoms with van der Waals surface area (Å²) in [4.78, 5) is 2.51. The SMILES string of the molecule is CC1(C)CCC(O)C(N2CCCC2)C1. The summed E-state index contributed by atoms with van der Waals surface area (Å²) in [6.07, 6.45) is 5.93. The number of likely N-dealkylation sites (tertiary alicyclic amines) is 1. The highest BCUT2D eigenvalue weighted by molar-refractivity contribution is 4.91. The van der Waals surface area contributed by atoms with Crippen LogP contribution in [0.1, 0.15) is 46.0 Å². The predicted octanol–water partition coefficient (Wildman–Crippen LogP) is 2.02. The molecule has 2 fully saturated rings. The molecule has 0 amide bonds. The van der Waals surface area contributed by atoms with E-state index in [1.165, 1.54) is 38.8 Å². The average molecular weight is 197 g/mol. The van der Waals surface area contributed by atoms with Crippen LogP contribution in [0.4, 0.5) is 0 Å². The first kappa shape index (κ1) is 10.4. The molecule has 2 atom stereocenters. The van der Waals surface area contributed by atoms with Crippen molar-refractivity contribution in [1.82, 2.24) is 4.90 Å². The highest BCUT2D eigenvalue weighted by Gasteiger charge is 2.37. The van der Waals surface area contributed by atoms with Crippen molar-refractivity contribution in [3.05, 3.63) is 0 Å². The lowest BCUT2D eigenvalue weighted by atomic mass is 9.73. The number of hydrogen-bond donors (Lipinski definition) is 1. The van der Waals surface area contributed by atoms with Crippen LogP contribution in [0.5, 0.6) is 0 Å². The molecule has 1 heterocycles. The molecule has 82 valence electrons. The quantitative estimate of drug-likeness (QED) is 0.695. The molecule has 1 aliphatic carbocycles. The Labute approximate surface area is 87.3 Å². The molecule has 14 heavy (non-hydrogen) atoms. The van der Waals surface area contributed by atoms with Gasteiger partial charge in [-0.25, -0.2) is 0 Å². The summed E-state index contributed by atoms with van der Waals surface area (Å²) in [7, 11) is 0. The fourth-order valence-corrected chi connectivity index (χ4v) is 2.98. The zero-order valence-electron chi connectivity index (χ0n) is 9.50. The normalized spacial score (nSPS) is 38.8. The average Bonchev–Trinajstić information content (AvgIpc) is 2.62. The molecule has 2 nitrogen and oxygen atoms in total. The van der Waals surface area contributed by atoms with Crippen LogP contribution in [-0.4, -0.2) is 35.2 Å². The zero-order valence-corrected chi connectivity index (χ0v) is 9.50. The fourth-order valence-electron chi connectivity index (χ4n) is 2.98. The van der Waals surface area contributed by atoms with Crippen LogP contribution in [0.25, 0.3) is 0 Å². The minimum atomic E-state index is -0.0684. The summed E-state index contributed by atoms with van der Waals surface area (Å²) in [5.41, 5.74) is 0.437.